The van der Waals surface area contributed by atoms with Crippen molar-refractivity contribution in [3.8, 4) is 59.2 Å². The van der Waals surface area contributed by atoms with Crippen LogP contribution >= 0.6 is 0 Å². The quantitative estimate of drug-likeness (QED) is 0.588. The van der Waals surface area contributed by atoms with Crippen molar-refractivity contribution in [3.63, 3.8) is 0 Å². The van der Waals surface area contributed by atoms with Crippen molar-refractivity contribution in [2.24, 2.45) is 5.41 Å². The molecule has 2 aliphatic rings. The normalized spacial score (nSPS) is 28.1. The number of hydrogen-bond donors (Lipinski definition) is 2. The molecule has 2 aromatic carbocycles. The van der Waals surface area contributed by atoms with Gasteiger partial charge >= 0.3 is 5.79 Å². The molecule has 1 heterocycles. The second-order valence-electron chi connectivity index (χ2n) is 9.99. The van der Waals surface area contributed by atoms with Crippen molar-refractivity contribution in [3.05, 3.63) is 71.8 Å². The van der Waals surface area contributed by atoms with Gasteiger partial charge in [0.05, 0.1) is 13.2 Å². The highest BCUT2D eigenvalue weighted by atomic mass is 16.7. The fourth-order valence-corrected chi connectivity index (χ4v) is 3.90. The fourth-order valence-electron chi connectivity index (χ4n) is 3.90. The lowest BCUT2D eigenvalue weighted by atomic mass is 9.90. The van der Waals surface area contributed by atoms with Gasteiger partial charge in [-0.25, -0.2) is 0 Å². The maximum absolute atomic E-state index is 10.7. The zero-order valence-corrected chi connectivity index (χ0v) is 22.9. The molecule has 1 saturated heterocycles. The van der Waals surface area contributed by atoms with E-state index < -0.39 is 29.2 Å². The third-order valence-corrected chi connectivity index (χ3v) is 6.24. The van der Waals surface area contributed by atoms with Crippen LogP contribution in [0.2, 0.25) is 0 Å². The summed E-state index contributed by atoms with van der Waals surface area (Å²) in [5.74, 6) is 26.8. The van der Waals surface area contributed by atoms with Gasteiger partial charge < -0.3 is 29.2 Å². The van der Waals surface area contributed by atoms with E-state index in [0.717, 1.165) is 0 Å². The molecule has 2 aromatic rings. The third-order valence-electron chi connectivity index (χ3n) is 6.24. The van der Waals surface area contributed by atoms with Gasteiger partial charge in [0.2, 0.25) is 11.2 Å². The maximum Gasteiger partial charge on any atom is 0.300 e. The van der Waals surface area contributed by atoms with Crippen molar-refractivity contribution in [2.75, 3.05) is 27.4 Å². The Bertz CT molecular complexity index is 1410. The molecular formula is C34H30O6. The van der Waals surface area contributed by atoms with Gasteiger partial charge in [-0.3, -0.25) is 0 Å². The molecule has 6 nitrogen and oxygen atoms in total. The number of rotatable bonds is 4. The Kier molecular flexibility index (Phi) is 8.72. The van der Waals surface area contributed by atoms with Gasteiger partial charge in [0.25, 0.3) is 0 Å². The number of aliphatic hydroxyl groups excluding tert-OH is 2. The van der Waals surface area contributed by atoms with E-state index in [-0.39, 0.29) is 5.41 Å². The van der Waals surface area contributed by atoms with Crippen LogP contribution < -0.4 is 0 Å². The summed E-state index contributed by atoms with van der Waals surface area (Å²) >= 11 is 0. The summed E-state index contributed by atoms with van der Waals surface area (Å²) < 4.78 is 23.6. The predicted molar refractivity (Wildman–Crippen MR) is 150 cm³/mol. The lowest BCUT2D eigenvalue weighted by Gasteiger charge is -2.37. The Labute approximate surface area is 236 Å². The minimum atomic E-state index is -1.67. The molecule has 0 saturated carbocycles. The lowest BCUT2D eigenvalue weighted by molar-refractivity contribution is -0.234. The van der Waals surface area contributed by atoms with Crippen molar-refractivity contribution >= 4 is 0 Å². The number of hydrogen-bond acceptors (Lipinski definition) is 6. The molecule has 1 aliphatic heterocycles. The number of aliphatic hydroxyl groups is 2. The molecule has 0 radical (unpaired) electrons. The zero-order valence-electron chi connectivity index (χ0n) is 22.9. The molecule has 40 heavy (non-hydrogen) atoms. The van der Waals surface area contributed by atoms with Crippen LogP contribution in [0, 0.1) is 64.6 Å². The molecule has 1 aliphatic carbocycles. The minimum Gasteiger partial charge on any atom is -0.369 e. The standard InChI is InChI=1S/C34H30O6/c1-31(2)25-39-34(40-26-31)21-17-29(35)15-19-32(37-3,27-11-7-5-8-12-27)23-24-33(38-4,20-16-30(36)18-22-34)28-13-9-6-10-14-28/h5-14,29-30,35-36H,25-26H2,1-4H3. The second-order valence-corrected chi connectivity index (χ2v) is 9.99. The zero-order chi connectivity index (χ0) is 28.7. The highest BCUT2D eigenvalue weighted by Gasteiger charge is 2.39. The lowest BCUT2D eigenvalue weighted by Crippen LogP contribution is -2.46. The van der Waals surface area contributed by atoms with Crippen LogP contribution in [0.25, 0.3) is 0 Å². The Balaban J connectivity index is 1.95. The topological polar surface area (TPSA) is 77.4 Å². The smallest absolute Gasteiger partial charge is 0.300 e. The van der Waals surface area contributed by atoms with E-state index in [4.69, 9.17) is 18.9 Å². The highest BCUT2D eigenvalue weighted by molar-refractivity contribution is 5.49. The van der Waals surface area contributed by atoms with Crippen molar-refractivity contribution < 1.29 is 29.2 Å². The van der Waals surface area contributed by atoms with Crippen LogP contribution in [0.1, 0.15) is 25.0 Å². The van der Waals surface area contributed by atoms with Gasteiger partial charge in [-0.15, -0.1) is 0 Å². The Hall–Kier alpha value is -4.00. The molecule has 6 heteroatoms. The van der Waals surface area contributed by atoms with Gasteiger partial charge in [0.15, 0.2) is 12.2 Å². The van der Waals surface area contributed by atoms with E-state index in [0.29, 0.717) is 24.3 Å². The van der Waals surface area contributed by atoms with Gasteiger partial charge in [-0.05, 0) is 35.5 Å². The van der Waals surface area contributed by atoms with E-state index in [1.165, 1.54) is 14.2 Å². The number of benzene rings is 2. The number of methoxy groups -OCH3 is 2. The minimum absolute atomic E-state index is 0.263. The van der Waals surface area contributed by atoms with E-state index in [1.54, 1.807) is 0 Å². The summed E-state index contributed by atoms with van der Waals surface area (Å²) in [6.07, 6.45) is -2.82. The van der Waals surface area contributed by atoms with Crippen LogP contribution in [-0.2, 0) is 30.1 Å². The SMILES string of the molecule is COC1(c2ccccc2)C#CC(O)C#CC2(C#CC(O)C#CC(OC)(c3ccccc3)C#C1)OCC(C)(C)CO2. The van der Waals surface area contributed by atoms with Gasteiger partial charge in [-0.1, -0.05) is 98.2 Å². The van der Waals surface area contributed by atoms with Crippen molar-refractivity contribution in [1.82, 2.24) is 0 Å². The summed E-state index contributed by atoms with van der Waals surface area (Å²) in [5.41, 5.74) is -1.94. The van der Waals surface area contributed by atoms with E-state index in [9.17, 15) is 10.2 Å². The summed E-state index contributed by atoms with van der Waals surface area (Å²) in [6, 6.07) is 18.3. The maximum atomic E-state index is 10.7. The van der Waals surface area contributed by atoms with Crippen LogP contribution in [0.4, 0.5) is 0 Å². The molecule has 4 rings (SSSR count). The van der Waals surface area contributed by atoms with Crippen molar-refractivity contribution in [1.29, 1.82) is 0 Å². The third kappa shape index (κ3) is 6.58. The molecule has 4 unspecified atom stereocenters. The monoisotopic (exact) mass is 534 g/mol. The number of ether oxygens (including phenoxy) is 4. The molecule has 202 valence electrons. The average molecular weight is 535 g/mol. The Morgan fingerprint density at radius 3 is 1.38 bits per heavy atom. The van der Waals surface area contributed by atoms with Gasteiger partial charge in [0.1, 0.15) is 0 Å². The van der Waals surface area contributed by atoms with Crippen LogP contribution in [-0.4, -0.2) is 55.6 Å². The van der Waals surface area contributed by atoms with Crippen LogP contribution in [0.15, 0.2) is 60.7 Å². The molecule has 0 bridgehead atoms. The molecule has 0 amide bonds. The van der Waals surface area contributed by atoms with Crippen molar-refractivity contribution in [2.45, 2.75) is 43.0 Å². The molecule has 1 spiro atoms. The summed E-state index contributed by atoms with van der Waals surface area (Å²) in [4.78, 5) is 0. The van der Waals surface area contributed by atoms with E-state index in [1.807, 2.05) is 74.5 Å². The first-order chi connectivity index (χ1) is 19.2. The van der Waals surface area contributed by atoms with E-state index >= 15 is 0 Å². The summed E-state index contributed by atoms with van der Waals surface area (Å²) in [7, 11) is 2.95. The van der Waals surface area contributed by atoms with E-state index in [2.05, 4.69) is 59.2 Å². The molecule has 0 aromatic heterocycles. The second kappa shape index (κ2) is 12.0. The summed E-state index contributed by atoms with van der Waals surface area (Å²) in [5, 5.41) is 21.5. The van der Waals surface area contributed by atoms with Crippen LogP contribution in [0.5, 0.6) is 0 Å². The molecule has 4 atom stereocenters. The molecule has 2 N–H and O–H groups in total. The predicted octanol–water partition coefficient (Wildman–Crippen LogP) is 2.59. The largest absolute Gasteiger partial charge is 0.369 e. The van der Waals surface area contributed by atoms with Gasteiger partial charge in [-0.2, -0.15) is 0 Å². The Morgan fingerprint density at radius 2 is 1.00 bits per heavy atom. The first-order valence-corrected chi connectivity index (χ1v) is 12.7. The molecular weight excluding hydrogens is 504 g/mol. The van der Waals surface area contributed by atoms with Crippen LogP contribution in [0.3, 0.4) is 0 Å². The summed E-state index contributed by atoms with van der Waals surface area (Å²) in [6.45, 7) is 4.57. The average Bonchev–Trinajstić information content (AvgIpc) is 2.99. The van der Waals surface area contributed by atoms with Gasteiger partial charge in [0, 0.05) is 30.8 Å². The molecule has 1 fully saturated rings. The Morgan fingerprint density at radius 1 is 0.625 bits per heavy atom. The fraction of sp³-hybridized carbons (Fsp3) is 0.353. The first kappa shape index (κ1) is 29.0. The first-order valence-electron chi connectivity index (χ1n) is 12.7. The highest BCUT2D eigenvalue weighted by Crippen LogP contribution is 2.30.